The standard InChI is InChI=1S/C15H16N2O2/c1-15(19)7-9-17(10-15)14(18)13-12-5-3-2-4-11(12)6-8-16-13/h2-6,8,19H,7,9-10H2,1H3. The van der Waals surface area contributed by atoms with Gasteiger partial charge in [0.2, 0.25) is 0 Å². The molecule has 2 heterocycles. The van der Waals surface area contributed by atoms with Gasteiger partial charge in [0.15, 0.2) is 0 Å². The first kappa shape index (κ1) is 12.1. The topological polar surface area (TPSA) is 53.4 Å². The summed E-state index contributed by atoms with van der Waals surface area (Å²) in [5.74, 6) is -0.102. The molecule has 1 aromatic heterocycles. The number of benzene rings is 1. The van der Waals surface area contributed by atoms with Crippen LogP contribution in [-0.2, 0) is 0 Å². The Morgan fingerprint density at radius 1 is 1.37 bits per heavy atom. The summed E-state index contributed by atoms with van der Waals surface area (Å²) in [5.41, 5.74) is -0.309. The second-order valence-corrected chi connectivity index (χ2v) is 5.35. The number of β-amino-alcohol motifs (C(OH)–C–C–N with tert-alkyl or cyclic N) is 1. The van der Waals surface area contributed by atoms with E-state index in [0.29, 0.717) is 25.2 Å². The lowest BCUT2D eigenvalue weighted by Crippen LogP contribution is -2.34. The molecule has 2 aromatic rings. The number of hydrogen-bond acceptors (Lipinski definition) is 3. The van der Waals surface area contributed by atoms with E-state index in [4.69, 9.17) is 0 Å². The lowest BCUT2D eigenvalue weighted by atomic mass is 10.1. The fraction of sp³-hybridized carbons (Fsp3) is 0.333. The molecule has 4 heteroatoms. The third-order valence-corrected chi connectivity index (χ3v) is 3.62. The van der Waals surface area contributed by atoms with Crippen molar-refractivity contribution in [3.8, 4) is 0 Å². The van der Waals surface area contributed by atoms with Crippen LogP contribution in [0.25, 0.3) is 10.8 Å². The maximum atomic E-state index is 12.5. The number of aliphatic hydroxyl groups is 1. The Balaban J connectivity index is 1.99. The fourth-order valence-electron chi connectivity index (χ4n) is 2.56. The van der Waals surface area contributed by atoms with Gasteiger partial charge in [-0.1, -0.05) is 24.3 Å². The molecule has 4 nitrogen and oxygen atoms in total. The van der Waals surface area contributed by atoms with E-state index in [2.05, 4.69) is 4.98 Å². The summed E-state index contributed by atoms with van der Waals surface area (Å²) in [6.07, 6.45) is 2.27. The Hall–Kier alpha value is -1.94. The molecular formula is C15H16N2O2. The highest BCUT2D eigenvalue weighted by Gasteiger charge is 2.35. The molecule has 98 valence electrons. The Morgan fingerprint density at radius 2 is 2.16 bits per heavy atom. The molecule has 0 spiro atoms. The zero-order valence-electron chi connectivity index (χ0n) is 10.8. The highest BCUT2D eigenvalue weighted by molar-refractivity contribution is 6.05. The van der Waals surface area contributed by atoms with Gasteiger partial charge in [-0.25, -0.2) is 0 Å². The third-order valence-electron chi connectivity index (χ3n) is 3.62. The number of carbonyl (C=O) groups excluding carboxylic acids is 1. The highest BCUT2D eigenvalue weighted by Crippen LogP contribution is 2.24. The number of pyridine rings is 1. The van der Waals surface area contributed by atoms with Crippen molar-refractivity contribution in [2.24, 2.45) is 0 Å². The number of hydrogen-bond donors (Lipinski definition) is 1. The second kappa shape index (κ2) is 4.31. The average molecular weight is 256 g/mol. The molecule has 0 saturated carbocycles. The number of aromatic nitrogens is 1. The molecule has 1 N–H and O–H groups in total. The van der Waals surface area contributed by atoms with E-state index < -0.39 is 5.60 Å². The lowest BCUT2D eigenvalue weighted by molar-refractivity contribution is 0.0570. The van der Waals surface area contributed by atoms with Crippen LogP contribution < -0.4 is 0 Å². The number of amides is 1. The van der Waals surface area contributed by atoms with E-state index >= 15 is 0 Å². The van der Waals surface area contributed by atoms with Gasteiger partial charge in [0.1, 0.15) is 5.69 Å². The first-order valence-corrected chi connectivity index (χ1v) is 6.42. The van der Waals surface area contributed by atoms with Gasteiger partial charge >= 0.3 is 0 Å². The fourth-order valence-corrected chi connectivity index (χ4v) is 2.56. The van der Waals surface area contributed by atoms with E-state index in [1.807, 2.05) is 30.3 Å². The number of likely N-dealkylation sites (tertiary alicyclic amines) is 1. The number of nitrogens with zero attached hydrogens (tertiary/aromatic N) is 2. The number of carbonyl (C=O) groups is 1. The van der Waals surface area contributed by atoms with E-state index in [0.717, 1.165) is 10.8 Å². The van der Waals surface area contributed by atoms with Gasteiger partial charge in [-0.15, -0.1) is 0 Å². The minimum Gasteiger partial charge on any atom is -0.388 e. The molecule has 1 unspecified atom stereocenters. The molecule has 1 aliphatic rings. The van der Waals surface area contributed by atoms with E-state index in [-0.39, 0.29) is 5.91 Å². The van der Waals surface area contributed by atoms with Gasteiger partial charge in [-0.05, 0) is 24.8 Å². The normalized spacial score (nSPS) is 22.9. The van der Waals surface area contributed by atoms with Crippen molar-refractivity contribution in [1.29, 1.82) is 0 Å². The quantitative estimate of drug-likeness (QED) is 0.847. The van der Waals surface area contributed by atoms with Crippen LogP contribution in [0, 0.1) is 0 Å². The van der Waals surface area contributed by atoms with Crippen molar-refractivity contribution in [2.45, 2.75) is 18.9 Å². The first-order chi connectivity index (χ1) is 9.07. The van der Waals surface area contributed by atoms with E-state index in [1.165, 1.54) is 0 Å². The summed E-state index contributed by atoms with van der Waals surface area (Å²) in [6.45, 7) is 2.71. The van der Waals surface area contributed by atoms with Crippen LogP contribution in [0.3, 0.4) is 0 Å². The highest BCUT2D eigenvalue weighted by atomic mass is 16.3. The molecule has 1 amide bonds. The molecule has 0 radical (unpaired) electrons. The van der Waals surface area contributed by atoms with Crippen LogP contribution in [0.1, 0.15) is 23.8 Å². The SMILES string of the molecule is CC1(O)CCN(C(=O)c2nccc3ccccc23)C1. The minimum atomic E-state index is -0.778. The van der Waals surface area contributed by atoms with Gasteiger partial charge in [0, 0.05) is 24.7 Å². The molecule has 1 fully saturated rings. The third kappa shape index (κ3) is 2.19. The molecule has 19 heavy (non-hydrogen) atoms. The lowest BCUT2D eigenvalue weighted by Gasteiger charge is -2.19. The minimum absolute atomic E-state index is 0.102. The summed E-state index contributed by atoms with van der Waals surface area (Å²) < 4.78 is 0. The van der Waals surface area contributed by atoms with Crippen molar-refractivity contribution >= 4 is 16.7 Å². The first-order valence-electron chi connectivity index (χ1n) is 6.42. The van der Waals surface area contributed by atoms with Gasteiger partial charge in [-0.3, -0.25) is 9.78 Å². The van der Waals surface area contributed by atoms with Crippen molar-refractivity contribution in [2.75, 3.05) is 13.1 Å². The van der Waals surface area contributed by atoms with Crippen LogP contribution in [0.4, 0.5) is 0 Å². The molecule has 1 aliphatic heterocycles. The largest absolute Gasteiger partial charge is 0.388 e. The molecule has 1 saturated heterocycles. The maximum Gasteiger partial charge on any atom is 0.273 e. The molecule has 0 bridgehead atoms. The Bertz CT molecular complexity index is 632. The van der Waals surface area contributed by atoms with E-state index in [1.54, 1.807) is 18.0 Å². The second-order valence-electron chi connectivity index (χ2n) is 5.35. The Kier molecular flexibility index (Phi) is 2.75. The van der Waals surface area contributed by atoms with Gasteiger partial charge in [0.05, 0.1) is 5.60 Å². The summed E-state index contributed by atoms with van der Waals surface area (Å²) in [4.78, 5) is 18.4. The monoisotopic (exact) mass is 256 g/mol. The molecular weight excluding hydrogens is 240 g/mol. The van der Waals surface area contributed by atoms with Crippen LogP contribution in [-0.4, -0.2) is 39.6 Å². The summed E-state index contributed by atoms with van der Waals surface area (Å²) >= 11 is 0. The summed E-state index contributed by atoms with van der Waals surface area (Å²) in [5, 5.41) is 11.8. The zero-order valence-corrected chi connectivity index (χ0v) is 10.8. The van der Waals surface area contributed by atoms with Crippen LogP contribution in [0.2, 0.25) is 0 Å². The van der Waals surface area contributed by atoms with Gasteiger partial charge in [0.25, 0.3) is 5.91 Å². The van der Waals surface area contributed by atoms with Crippen LogP contribution >= 0.6 is 0 Å². The maximum absolute atomic E-state index is 12.5. The van der Waals surface area contributed by atoms with E-state index in [9.17, 15) is 9.90 Å². The Labute approximate surface area is 111 Å². The summed E-state index contributed by atoms with van der Waals surface area (Å²) in [7, 11) is 0. The Morgan fingerprint density at radius 3 is 2.89 bits per heavy atom. The predicted molar refractivity (Wildman–Crippen MR) is 72.9 cm³/mol. The van der Waals surface area contributed by atoms with Crippen molar-refractivity contribution in [1.82, 2.24) is 9.88 Å². The van der Waals surface area contributed by atoms with Crippen LogP contribution in [0.15, 0.2) is 36.5 Å². The van der Waals surface area contributed by atoms with Crippen molar-refractivity contribution in [3.05, 3.63) is 42.2 Å². The number of rotatable bonds is 1. The number of fused-ring (bicyclic) bond motifs is 1. The molecule has 0 aliphatic carbocycles. The van der Waals surface area contributed by atoms with Gasteiger partial charge < -0.3 is 10.0 Å². The van der Waals surface area contributed by atoms with Crippen LogP contribution in [0.5, 0.6) is 0 Å². The van der Waals surface area contributed by atoms with Crippen molar-refractivity contribution in [3.63, 3.8) is 0 Å². The molecule has 1 aromatic carbocycles. The summed E-state index contributed by atoms with van der Waals surface area (Å²) in [6, 6.07) is 9.61. The van der Waals surface area contributed by atoms with Crippen molar-refractivity contribution < 1.29 is 9.90 Å². The predicted octanol–water partition coefficient (Wildman–Crippen LogP) is 1.83. The molecule has 1 atom stereocenters. The smallest absolute Gasteiger partial charge is 0.273 e. The van der Waals surface area contributed by atoms with Gasteiger partial charge in [-0.2, -0.15) is 0 Å². The average Bonchev–Trinajstić information content (AvgIpc) is 2.78. The molecule has 3 rings (SSSR count). The zero-order chi connectivity index (χ0) is 13.5.